The van der Waals surface area contributed by atoms with Crippen LogP contribution in [0.15, 0.2) is 58.4 Å². The minimum atomic E-state index is -0.125. The van der Waals surface area contributed by atoms with E-state index < -0.39 is 0 Å². The summed E-state index contributed by atoms with van der Waals surface area (Å²) < 4.78 is 1.48. The maximum Gasteiger partial charge on any atom is 0.367 e. The molecule has 0 saturated heterocycles. The normalized spacial score (nSPS) is 11.7. The zero-order valence-corrected chi connectivity index (χ0v) is 14.7. The van der Waals surface area contributed by atoms with Crippen molar-refractivity contribution in [2.45, 2.75) is 27.2 Å². The third-order valence-electron chi connectivity index (χ3n) is 3.95. The maximum absolute atomic E-state index is 12.8. The fourth-order valence-corrected chi connectivity index (χ4v) is 2.55. The molecule has 1 N–H and O–H groups in total. The molecule has 3 rings (SSSR count). The third kappa shape index (κ3) is 3.57. The Hall–Kier alpha value is -3.02. The summed E-state index contributed by atoms with van der Waals surface area (Å²) >= 11 is 0. The molecule has 6 nitrogen and oxygen atoms in total. The smallest absolute Gasteiger partial charge is 0.238 e. The molecule has 0 fully saturated rings. The van der Waals surface area contributed by atoms with E-state index in [1.54, 1.807) is 10.9 Å². The summed E-state index contributed by atoms with van der Waals surface area (Å²) in [5.41, 5.74) is 5.66. The van der Waals surface area contributed by atoms with Gasteiger partial charge in [-0.25, -0.2) is 9.78 Å². The highest BCUT2D eigenvalue weighted by molar-refractivity contribution is 5.77. The minimum absolute atomic E-state index is 0.125. The number of fused-ring (bicyclic) bond motifs is 1. The number of hydrogen-bond acceptors (Lipinski definition) is 3. The summed E-state index contributed by atoms with van der Waals surface area (Å²) in [4.78, 5) is 19.1. The number of nitrogens with zero attached hydrogens (tertiary/aromatic N) is 4. The van der Waals surface area contributed by atoms with Gasteiger partial charge in [-0.15, -0.1) is 0 Å². The van der Waals surface area contributed by atoms with Crippen LogP contribution >= 0.6 is 0 Å². The first kappa shape index (κ1) is 16.8. The van der Waals surface area contributed by atoms with E-state index in [1.165, 1.54) is 10.2 Å². The molecule has 0 radical (unpaired) electrons. The van der Waals surface area contributed by atoms with E-state index >= 15 is 0 Å². The van der Waals surface area contributed by atoms with Gasteiger partial charge < -0.3 is 0 Å². The number of aryl methyl sites for hydroxylation is 2. The van der Waals surface area contributed by atoms with Crippen LogP contribution in [0.3, 0.4) is 0 Å². The lowest BCUT2D eigenvalue weighted by atomic mass is 10.2. The van der Waals surface area contributed by atoms with Crippen LogP contribution in [0.1, 0.15) is 25.2 Å². The average molecular weight is 336 g/mol. The first-order chi connectivity index (χ1) is 12.1. The van der Waals surface area contributed by atoms with Gasteiger partial charge >= 0.3 is 5.56 Å². The molecule has 1 aromatic heterocycles. The van der Waals surface area contributed by atoms with E-state index in [-0.39, 0.29) is 5.56 Å². The molecule has 0 unspecified atom stereocenters. The lowest BCUT2D eigenvalue weighted by Gasteiger charge is -2.08. The molecule has 3 aromatic rings. The fraction of sp³-hybridized carbons (Fsp3) is 0.263. The predicted molar refractivity (Wildman–Crippen MR) is 98.8 cm³/mol. The molecule has 0 bridgehead atoms. The number of hydrogen-bond donors (Lipinski definition) is 1. The van der Waals surface area contributed by atoms with Gasteiger partial charge in [-0.1, -0.05) is 56.9 Å². The van der Waals surface area contributed by atoms with Crippen molar-refractivity contribution in [3.05, 3.63) is 70.3 Å². The lowest BCUT2D eigenvalue weighted by Crippen LogP contribution is -2.38. The highest BCUT2D eigenvalue weighted by Gasteiger charge is 2.16. The number of benzene rings is 2. The van der Waals surface area contributed by atoms with Crippen molar-refractivity contribution in [2.24, 2.45) is 5.11 Å². The van der Waals surface area contributed by atoms with Crippen LogP contribution in [0.25, 0.3) is 10.9 Å². The van der Waals surface area contributed by atoms with E-state index in [0.29, 0.717) is 29.7 Å². The van der Waals surface area contributed by atoms with Gasteiger partial charge in [0, 0.05) is 6.42 Å². The van der Waals surface area contributed by atoms with Crippen LogP contribution in [0, 0.1) is 6.92 Å². The Kier molecular flexibility index (Phi) is 4.88. The van der Waals surface area contributed by atoms with Crippen molar-refractivity contribution in [3.8, 4) is 0 Å². The van der Waals surface area contributed by atoms with Crippen LogP contribution in [0.5, 0.6) is 0 Å². The van der Waals surface area contributed by atoms with Gasteiger partial charge in [0.25, 0.3) is 0 Å². The number of para-hydroxylation sites is 1. The molecule has 0 saturated carbocycles. The fourth-order valence-electron chi connectivity index (χ4n) is 2.55. The minimum Gasteiger partial charge on any atom is -0.238 e. The Morgan fingerprint density at radius 2 is 1.84 bits per heavy atom. The van der Waals surface area contributed by atoms with Gasteiger partial charge in [-0.3, -0.25) is 0 Å². The molecule has 0 atom stereocenters. The van der Waals surface area contributed by atoms with Gasteiger partial charge in [-0.2, -0.15) is 0 Å². The average Bonchev–Trinajstić information content (AvgIpc) is 2.64. The van der Waals surface area contributed by atoms with E-state index in [4.69, 9.17) is 0 Å². The van der Waals surface area contributed by atoms with Gasteiger partial charge in [-0.05, 0) is 38.1 Å². The molecule has 0 amide bonds. The Morgan fingerprint density at radius 3 is 2.52 bits per heavy atom. The Morgan fingerprint density at radius 1 is 1.12 bits per heavy atom. The van der Waals surface area contributed by atoms with Crippen molar-refractivity contribution in [3.63, 3.8) is 0 Å². The number of aromatic nitrogens is 2. The Bertz CT molecular complexity index is 973. The van der Waals surface area contributed by atoms with E-state index in [0.717, 1.165) is 5.69 Å². The predicted octanol–water partition coefficient (Wildman–Crippen LogP) is 3.54. The number of nitrogens with one attached hydrogen (secondary N) is 1. The molecular weight excluding hydrogens is 314 g/mol. The van der Waals surface area contributed by atoms with Crippen molar-refractivity contribution in [2.75, 3.05) is 12.1 Å². The summed E-state index contributed by atoms with van der Waals surface area (Å²) in [7, 11) is 0. The Labute approximate surface area is 146 Å². The Balaban J connectivity index is 2.04. The molecule has 0 spiro atoms. The first-order valence-electron chi connectivity index (χ1n) is 8.45. The SMILES string of the molecule is CCc1nc2ccccc2c(=O)n1N[N+](CC)=Nc1ccc(C)cc1. The highest BCUT2D eigenvalue weighted by Crippen LogP contribution is 2.13. The molecule has 6 heteroatoms. The maximum atomic E-state index is 12.8. The van der Waals surface area contributed by atoms with Crippen molar-refractivity contribution in [1.82, 2.24) is 9.66 Å². The molecular formula is C19H22N5O+. The quantitative estimate of drug-likeness (QED) is 0.440. The third-order valence-corrected chi connectivity index (χ3v) is 3.95. The number of hydrazine groups is 1. The van der Waals surface area contributed by atoms with Crippen molar-refractivity contribution in [1.29, 1.82) is 0 Å². The summed E-state index contributed by atoms with van der Waals surface area (Å²) in [6, 6.07) is 15.3. The van der Waals surface area contributed by atoms with Crippen LogP contribution in [-0.2, 0) is 6.42 Å². The summed E-state index contributed by atoms with van der Waals surface area (Å²) in [6.07, 6.45) is 0.634. The topological polar surface area (TPSA) is 62.3 Å². The van der Waals surface area contributed by atoms with Gasteiger partial charge in [0.15, 0.2) is 0 Å². The van der Waals surface area contributed by atoms with Crippen LogP contribution in [-0.4, -0.2) is 21.0 Å². The number of azo groups is 1. The van der Waals surface area contributed by atoms with Crippen molar-refractivity contribution >= 4 is 16.6 Å². The summed E-state index contributed by atoms with van der Waals surface area (Å²) in [5.74, 6) is 0.668. The second-order valence-corrected chi connectivity index (χ2v) is 5.79. The second-order valence-electron chi connectivity index (χ2n) is 5.79. The van der Waals surface area contributed by atoms with Gasteiger partial charge in [0.1, 0.15) is 12.2 Å². The zero-order valence-electron chi connectivity index (χ0n) is 14.7. The van der Waals surface area contributed by atoms with E-state index in [9.17, 15) is 4.79 Å². The van der Waals surface area contributed by atoms with Gasteiger partial charge in [0.05, 0.1) is 10.9 Å². The molecule has 1 heterocycles. The van der Waals surface area contributed by atoms with Crippen LogP contribution in [0.4, 0.5) is 5.69 Å². The van der Waals surface area contributed by atoms with Crippen LogP contribution in [0.2, 0.25) is 0 Å². The standard InChI is InChI=1S/C19H22N5O/c1-4-18-20-17-9-7-6-8-16(17)19(25)24(18)22-23(5-2)21-15-12-10-14(3)11-13-15/h6-13H,4-5H2,1-3H3,(H,21,22)/q+1. The monoisotopic (exact) mass is 336 g/mol. The second kappa shape index (κ2) is 7.25. The van der Waals surface area contributed by atoms with Crippen molar-refractivity contribution < 1.29 is 4.81 Å². The first-order valence-corrected chi connectivity index (χ1v) is 8.45. The zero-order chi connectivity index (χ0) is 17.8. The largest absolute Gasteiger partial charge is 0.367 e. The summed E-state index contributed by atoms with van der Waals surface area (Å²) in [5, 5.41) is 5.13. The van der Waals surface area contributed by atoms with Gasteiger partial charge in [0.2, 0.25) is 5.82 Å². The van der Waals surface area contributed by atoms with E-state index in [2.05, 4.69) is 15.6 Å². The molecule has 128 valence electrons. The molecule has 25 heavy (non-hydrogen) atoms. The molecule has 0 aliphatic carbocycles. The summed E-state index contributed by atoms with van der Waals surface area (Å²) in [6.45, 7) is 6.57. The molecule has 2 aromatic carbocycles. The highest BCUT2D eigenvalue weighted by atomic mass is 16.1. The van der Waals surface area contributed by atoms with Crippen LogP contribution < -0.4 is 11.1 Å². The van der Waals surface area contributed by atoms with E-state index in [1.807, 2.05) is 63.2 Å². The number of rotatable bonds is 5. The molecule has 0 aliphatic heterocycles. The lowest BCUT2D eigenvalue weighted by molar-refractivity contribution is -0.571. The molecule has 0 aliphatic rings.